The van der Waals surface area contributed by atoms with Crippen LogP contribution < -0.4 is 11.1 Å². The molecule has 19 heavy (non-hydrogen) atoms. The molecule has 0 aromatic heterocycles. The van der Waals surface area contributed by atoms with Crippen molar-refractivity contribution in [1.82, 2.24) is 0 Å². The average molecular weight is 256 g/mol. The molecule has 0 bridgehead atoms. The van der Waals surface area contributed by atoms with Crippen LogP contribution in [0.25, 0.3) is 0 Å². The summed E-state index contributed by atoms with van der Waals surface area (Å²) in [6.45, 7) is 0. The predicted molar refractivity (Wildman–Crippen MR) is 71.0 cm³/mol. The third-order valence-corrected chi connectivity index (χ3v) is 2.56. The van der Waals surface area contributed by atoms with Crippen LogP contribution in [-0.4, -0.2) is 16.9 Å². The van der Waals surface area contributed by atoms with Gasteiger partial charge in [-0.3, -0.25) is 9.59 Å². The van der Waals surface area contributed by atoms with Gasteiger partial charge in [-0.05, 0) is 48.5 Å². The lowest BCUT2D eigenvalue weighted by atomic mass is 10.1. The molecule has 0 spiro atoms. The Morgan fingerprint density at radius 3 is 1.95 bits per heavy atom. The number of amides is 2. The molecule has 2 aromatic rings. The minimum Gasteiger partial charge on any atom is -0.508 e. The number of hydrogen-bond donors (Lipinski definition) is 3. The number of rotatable bonds is 3. The normalized spacial score (nSPS) is 9.89. The van der Waals surface area contributed by atoms with Crippen molar-refractivity contribution >= 4 is 17.5 Å². The fraction of sp³-hybridized carbons (Fsp3) is 0. The topological polar surface area (TPSA) is 92.4 Å². The van der Waals surface area contributed by atoms with Crippen LogP contribution in [0.4, 0.5) is 5.69 Å². The van der Waals surface area contributed by atoms with Crippen molar-refractivity contribution in [3.05, 3.63) is 59.7 Å². The summed E-state index contributed by atoms with van der Waals surface area (Å²) >= 11 is 0. The van der Waals surface area contributed by atoms with E-state index in [1.54, 1.807) is 12.1 Å². The standard InChI is InChI=1S/C14H12N2O3/c15-13(18)9-1-5-11(6-2-9)16-14(19)10-3-7-12(17)8-4-10/h1-8,17H,(H2,15,18)(H,16,19). The number of anilines is 1. The molecule has 0 saturated heterocycles. The minimum atomic E-state index is -0.517. The molecule has 96 valence electrons. The van der Waals surface area contributed by atoms with Crippen LogP contribution in [0.3, 0.4) is 0 Å². The molecule has 0 fully saturated rings. The van der Waals surface area contributed by atoms with Gasteiger partial charge >= 0.3 is 0 Å². The zero-order valence-corrected chi connectivity index (χ0v) is 9.96. The van der Waals surface area contributed by atoms with Gasteiger partial charge in [0.2, 0.25) is 5.91 Å². The van der Waals surface area contributed by atoms with Crippen LogP contribution in [0.5, 0.6) is 5.75 Å². The molecule has 2 rings (SSSR count). The average Bonchev–Trinajstić information content (AvgIpc) is 2.40. The summed E-state index contributed by atoms with van der Waals surface area (Å²) < 4.78 is 0. The lowest BCUT2D eigenvalue weighted by molar-refractivity contribution is 0.0998. The third-order valence-electron chi connectivity index (χ3n) is 2.56. The highest BCUT2D eigenvalue weighted by molar-refractivity contribution is 6.04. The van der Waals surface area contributed by atoms with Crippen LogP contribution in [0.2, 0.25) is 0 Å². The van der Waals surface area contributed by atoms with E-state index in [1.165, 1.54) is 36.4 Å². The first-order chi connectivity index (χ1) is 9.06. The van der Waals surface area contributed by atoms with Crippen molar-refractivity contribution in [2.24, 2.45) is 5.73 Å². The highest BCUT2D eigenvalue weighted by Crippen LogP contribution is 2.13. The van der Waals surface area contributed by atoms with Crippen LogP contribution >= 0.6 is 0 Å². The Labute approximate surface area is 109 Å². The molecule has 0 aliphatic heterocycles. The zero-order valence-electron chi connectivity index (χ0n) is 9.96. The molecular weight excluding hydrogens is 244 g/mol. The number of carbonyl (C=O) groups is 2. The Hall–Kier alpha value is -2.82. The summed E-state index contributed by atoms with van der Waals surface area (Å²) in [7, 11) is 0. The largest absolute Gasteiger partial charge is 0.508 e. The molecule has 0 saturated carbocycles. The van der Waals surface area contributed by atoms with E-state index in [2.05, 4.69) is 5.32 Å². The lowest BCUT2D eigenvalue weighted by Gasteiger charge is -2.05. The minimum absolute atomic E-state index is 0.0994. The number of phenols is 1. The predicted octanol–water partition coefficient (Wildman–Crippen LogP) is 1.74. The third kappa shape index (κ3) is 3.10. The van der Waals surface area contributed by atoms with E-state index >= 15 is 0 Å². The second kappa shape index (κ2) is 5.22. The maximum atomic E-state index is 11.9. The van der Waals surface area contributed by atoms with Gasteiger partial charge in [0.1, 0.15) is 5.75 Å². The molecule has 2 aromatic carbocycles. The first-order valence-electron chi connectivity index (χ1n) is 5.56. The molecule has 0 atom stereocenters. The number of nitrogens with one attached hydrogen (secondary N) is 1. The quantitative estimate of drug-likeness (QED) is 0.781. The van der Waals surface area contributed by atoms with Gasteiger partial charge in [-0.2, -0.15) is 0 Å². The zero-order chi connectivity index (χ0) is 13.8. The summed E-state index contributed by atoms with van der Waals surface area (Å²) in [6.07, 6.45) is 0. The van der Waals surface area contributed by atoms with Crippen molar-refractivity contribution in [3.8, 4) is 5.75 Å². The Morgan fingerprint density at radius 1 is 0.895 bits per heavy atom. The highest BCUT2D eigenvalue weighted by Gasteiger charge is 2.06. The van der Waals surface area contributed by atoms with Crippen LogP contribution in [0, 0.1) is 0 Å². The molecule has 0 radical (unpaired) electrons. The Balaban J connectivity index is 2.10. The van der Waals surface area contributed by atoms with E-state index in [9.17, 15) is 9.59 Å². The van der Waals surface area contributed by atoms with Gasteiger partial charge in [-0.15, -0.1) is 0 Å². The van der Waals surface area contributed by atoms with Gasteiger partial charge in [-0.25, -0.2) is 0 Å². The number of phenolic OH excluding ortho intramolecular Hbond substituents is 1. The van der Waals surface area contributed by atoms with E-state index < -0.39 is 5.91 Å². The second-order valence-corrected chi connectivity index (χ2v) is 3.94. The first kappa shape index (κ1) is 12.6. The van der Waals surface area contributed by atoms with E-state index in [1.807, 2.05) is 0 Å². The van der Waals surface area contributed by atoms with Crippen molar-refractivity contribution in [3.63, 3.8) is 0 Å². The van der Waals surface area contributed by atoms with Crippen LogP contribution in [-0.2, 0) is 0 Å². The monoisotopic (exact) mass is 256 g/mol. The maximum Gasteiger partial charge on any atom is 0.255 e. The van der Waals surface area contributed by atoms with Gasteiger partial charge in [-0.1, -0.05) is 0 Å². The second-order valence-electron chi connectivity index (χ2n) is 3.94. The van der Waals surface area contributed by atoms with E-state index in [4.69, 9.17) is 10.8 Å². The summed E-state index contributed by atoms with van der Waals surface area (Å²) in [5.41, 5.74) is 6.48. The molecule has 0 unspecified atom stereocenters. The fourth-order valence-electron chi connectivity index (χ4n) is 1.53. The number of aromatic hydroxyl groups is 1. The highest BCUT2D eigenvalue weighted by atomic mass is 16.3. The molecule has 0 aliphatic carbocycles. The Bertz CT molecular complexity index is 604. The van der Waals surface area contributed by atoms with Gasteiger partial charge in [0.15, 0.2) is 0 Å². The summed E-state index contributed by atoms with van der Waals surface area (Å²) in [6, 6.07) is 12.2. The van der Waals surface area contributed by atoms with Crippen molar-refractivity contribution in [2.75, 3.05) is 5.32 Å². The molecule has 5 nitrogen and oxygen atoms in total. The number of carbonyl (C=O) groups excluding carboxylic acids is 2. The molecule has 0 aliphatic rings. The van der Waals surface area contributed by atoms with Crippen molar-refractivity contribution in [1.29, 1.82) is 0 Å². The SMILES string of the molecule is NC(=O)c1ccc(NC(=O)c2ccc(O)cc2)cc1. The van der Waals surface area contributed by atoms with Gasteiger partial charge in [0, 0.05) is 16.8 Å². The van der Waals surface area contributed by atoms with Crippen molar-refractivity contribution < 1.29 is 14.7 Å². The number of benzene rings is 2. The van der Waals surface area contributed by atoms with Gasteiger partial charge in [0.25, 0.3) is 5.91 Å². The van der Waals surface area contributed by atoms with Crippen molar-refractivity contribution in [2.45, 2.75) is 0 Å². The smallest absolute Gasteiger partial charge is 0.255 e. The Kier molecular flexibility index (Phi) is 3.47. The molecule has 4 N–H and O–H groups in total. The number of primary amides is 1. The Morgan fingerprint density at radius 2 is 1.42 bits per heavy atom. The number of nitrogens with two attached hydrogens (primary N) is 1. The lowest BCUT2D eigenvalue weighted by Crippen LogP contribution is -2.13. The van der Waals surface area contributed by atoms with Crippen LogP contribution in [0.1, 0.15) is 20.7 Å². The first-order valence-corrected chi connectivity index (χ1v) is 5.56. The summed E-state index contributed by atoms with van der Waals surface area (Å²) in [4.78, 5) is 22.8. The van der Waals surface area contributed by atoms with Gasteiger partial charge in [0.05, 0.1) is 0 Å². The molecule has 0 heterocycles. The van der Waals surface area contributed by atoms with E-state index in [0.29, 0.717) is 16.8 Å². The van der Waals surface area contributed by atoms with Gasteiger partial charge < -0.3 is 16.2 Å². The van der Waals surface area contributed by atoms with Crippen LogP contribution in [0.15, 0.2) is 48.5 Å². The fourth-order valence-corrected chi connectivity index (χ4v) is 1.53. The maximum absolute atomic E-state index is 11.9. The molecular formula is C14H12N2O3. The number of hydrogen-bond acceptors (Lipinski definition) is 3. The summed E-state index contributed by atoms with van der Waals surface area (Å²) in [5, 5.41) is 11.8. The molecule has 5 heteroatoms. The van der Waals surface area contributed by atoms with E-state index in [0.717, 1.165) is 0 Å². The van der Waals surface area contributed by atoms with E-state index in [-0.39, 0.29) is 11.7 Å². The summed E-state index contributed by atoms with van der Waals surface area (Å²) in [5.74, 6) is -0.717. The molecule has 2 amide bonds.